The number of benzene rings is 1. The first kappa shape index (κ1) is 60.9. The maximum Gasteiger partial charge on any atom is 0.328 e. The van der Waals surface area contributed by atoms with Crippen LogP contribution in [-0.2, 0) is 54.4 Å². The lowest BCUT2D eigenvalue weighted by molar-refractivity contribution is -0.146. The van der Waals surface area contributed by atoms with Gasteiger partial charge in [-0.25, -0.2) is 4.79 Å². The molecule has 76 heavy (non-hydrogen) atoms. The summed E-state index contributed by atoms with van der Waals surface area (Å²) in [7, 11) is 0. The second kappa shape index (κ2) is 29.5. The highest BCUT2D eigenvalue weighted by Crippen LogP contribution is 2.24. The predicted molar refractivity (Wildman–Crippen MR) is 275 cm³/mol. The van der Waals surface area contributed by atoms with Gasteiger partial charge in [-0.15, -0.1) is 0 Å². The van der Waals surface area contributed by atoms with Crippen LogP contribution in [0.5, 0.6) is 0 Å². The highest BCUT2D eigenvalue weighted by Gasteiger charge is 2.44. The lowest BCUT2D eigenvalue weighted by atomic mass is 10.0. The summed E-state index contributed by atoms with van der Waals surface area (Å²) in [4.78, 5) is 147. The molecule has 9 amide bonds. The van der Waals surface area contributed by atoms with Crippen molar-refractivity contribution in [1.29, 1.82) is 0 Å². The fourth-order valence-corrected chi connectivity index (χ4v) is 9.21. The number of nitrogens with two attached hydrogens (primary N) is 5. The molecule has 0 aliphatic carbocycles. The molecule has 3 saturated heterocycles. The molecule has 420 valence electrons. The molecule has 0 saturated carbocycles. The van der Waals surface area contributed by atoms with Crippen LogP contribution in [0.4, 0.5) is 0 Å². The predicted octanol–water partition coefficient (Wildman–Crippen LogP) is -5.32. The fourth-order valence-electron chi connectivity index (χ4n) is 9.21. The van der Waals surface area contributed by atoms with E-state index >= 15 is 0 Å². The number of nitrogens with one attached hydrogen (secondary N) is 6. The summed E-state index contributed by atoms with van der Waals surface area (Å²) in [6.07, 6.45) is 2.26. The van der Waals surface area contributed by atoms with Gasteiger partial charge in [-0.1, -0.05) is 30.3 Å². The van der Waals surface area contributed by atoms with Gasteiger partial charge in [-0.3, -0.25) is 53.1 Å². The van der Waals surface area contributed by atoms with Gasteiger partial charge in [0.1, 0.15) is 54.4 Å². The zero-order chi connectivity index (χ0) is 56.2. The average Bonchev–Trinajstić information content (AvgIpc) is 4.19. The Morgan fingerprint density at radius 1 is 0.566 bits per heavy atom. The average molecular weight is 1070 g/mol. The van der Waals surface area contributed by atoms with Crippen LogP contribution in [0, 0.1) is 0 Å². The molecule has 10 atom stereocenters. The number of hydrogen-bond acceptors (Lipinski definition) is 14. The Balaban J connectivity index is 1.54. The van der Waals surface area contributed by atoms with Crippen LogP contribution in [-0.4, -0.2) is 196 Å². The minimum atomic E-state index is -1.57. The number of carboxylic acids is 1. The monoisotopic (exact) mass is 1070 g/mol. The number of nitrogens with zero attached hydrogens (tertiary/aromatic N) is 5. The van der Waals surface area contributed by atoms with E-state index in [1.165, 1.54) is 35.5 Å². The molecule has 1 aromatic carbocycles. The molecule has 18 N–H and O–H groups in total. The van der Waals surface area contributed by atoms with Crippen LogP contribution in [0.25, 0.3) is 0 Å². The van der Waals surface area contributed by atoms with Gasteiger partial charge in [0.05, 0.1) is 12.6 Å². The molecule has 3 fully saturated rings. The SMILES string of the molecule is C[C@H](N)C(=O)N[C@@H](C)C(=O)N[C@@H](CCCN=C(N)N)C(=O)N[C@@H](CCCN=C(N)N)C(=O)N1CCC[C@H]1C(=O)N[C@@H](Cc1ccccc1)C(=O)N1CCC[C@H]1C(=O)N[C@@H](C)C(=O)N1CCC[C@H]1C(=O)N[C@@H](CO)C(=O)O. The number of aliphatic carboxylic acids is 1. The minimum absolute atomic E-state index is 0.00320. The van der Waals surface area contributed by atoms with Crippen molar-refractivity contribution in [2.45, 2.75) is 152 Å². The van der Waals surface area contributed by atoms with Gasteiger partial charge < -0.3 is 85.5 Å². The third-order valence-corrected chi connectivity index (χ3v) is 13.2. The Kier molecular flexibility index (Phi) is 23.6. The van der Waals surface area contributed by atoms with Crippen LogP contribution < -0.4 is 60.6 Å². The van der Waals surface area contributed by atoms with Gasteiger partial charge in [-0.2, -0.15) is 0 Å². The normalized spacial score (nSPS) is 19.8. The number of rotatable bonds is 27. The van der Waals surface area contributed by atoms with Crippen molar-refractivity contribution in [3.63, 3.8) is 0 Å². The van der Waals surface area contributed by atoms with Crippen molar-refractivity contribution in [1.82, 2.24) is 46.6 Å². The van der Waals surface area contributed by atoms with Gasteiger partial charge in [0.25, 0.3) is 0 Å². The summed E-state index contributed by atoms with van der Waals surface area (Å²) in [6.45, 7) is 3.98. The maximum absolute atomic E-state index is 14.7. The Morgan fingerprint density at radius 2 is 1.01 bits per heavy atom. The van der Waals surface area contributed by atoms with Gasteiger partial charge >= 0.3 is 5.97 Å². The lowest BCUT2D eigenvalue weighted by Crippen LogP contribution is -2.60. The van der Waals surface area contributed by atoms with Crippen LogP contribution in [0.15, 0.2) is 40.3 Å². The molecule has 4 rings (SSSR count). The molecule has 0 spiro atoms. The van der Waals surface area contributed by atoms with E-state index in [4.69, 9.17) is 28.7 Å². The first-order valence-corrected chi connectivity index (χ1v) is 25.5. The summed E-state index contributed by atoms with van der Waals surface area (Å²) in [5, 5.41) is 34.3. The summed E-state index contributed by atoms with van der Waals surface area (Å²) in [5.74, 6) is -7.86. The van der Waals surface area contributed by atoms with E-state index in [9.17, 15) is 58.2 Å². The van der Waals surface area contributed by atoms with Gasteiger partial charge in [0, 0.05) is 39.1 Å². The molecule has 0 unspecified atom stereocenters. The van der Waals surface area contributed by atoms with Crippen molar-refractivity contribution in [3.05, 3.63) is 35.9 Å². The Labute approximate surface area is 440 Å². The van der Waals surface area contributed by atoms with Crippen molar-refractivity contribution in [2.75, 3.05) is 39.3 Å². The van der Waals surface area contributed by atoms with Crippen molar-refractivity contribution >= 4 is 71.1 Å². The number of carbonyl (C=O) groups is 10. The second-order valence-electron chi connectivity index (χ2n) is 19.2. The number of aliphatic imine (C=N–C) groups is 2. The van der Waals surface area contributed by atoms with Crippen LogP contribution in [0.3, 0.4) is 0 Å². The molecule has 3 aliphatic rings. The standard InChI is InChI=1S/C48H76N16O12/c1-26(49)37(66)56-27(2)38(67)58-30(14-7-19-54-47(50)51)39(68)59-31(15-8-20-55-48(52)53)44(73)63-22-11-18-36(63)41(70)60-32(24-29-12-5-4-6-13-29)45(74)64-23-10-16-34(64)40(69)57-28(3)43(72)62-21-9-17-35(62)42(71)61-33(25-65)46(75)76/h4-6,12-13,26-28,30-36,65H,7-11,14-25,49H2,1-3H3,(H,56,66)(H,57,69)(H,58,67)(H,59,68)(H,60,70)(H,61,71)(H,75,76)(H4,50,51,54)(H4,52,53,55)/t26-,27-,28-,30-,31-,32-,33-,34-,35-,36-/m0/s1. The number of hydrogen-bond donors (Lipinski definition) is 13. The lowest BCUT2D eigenvalue weighted by Gasteiger charge is -2.33. The third-order valence-electron chi connectivity index (χ3n) is 13.2. The van der Waals surface area contributed by atoms with E-state index < -0.39 is 126 Å². The van der Waals surface area contributed by atoms with Crippen molar-refractivity contribution in [3.8, 4) is 0 Å². The van der Waals surface area contributed by atoms with Crippen LogP contribution in [0.2, 0.25) is 0 Å². The largest absolute Gasteiger partial charge is 0.480 e. The number of aliphatic hydroxyl groups excluding tert-OH is 1. The zero-order valence-electron chi connectivity index (χ0n) is 43.3. The topological polar surface area (TPSA) is 448 Å². The molecule has 3 aliphatic heterocycles. The van der Waals surface area contributed by atoms with Gasteiger partial charge in [0.2, 0.25) is 53.2 Å². The first-order chi connectivity index (χ1) is 36.0. The number of aliphatic hydroxyl groups is 1. The molecule has 0 bridgehead atoms. The molecular formula is C48H76N16O12. The van der Waals surface area contributed by atoms with E-state index in [-0.39, 0.29) is 96.0 Å². The van der Waals surface area contributed by atoms with Gasteiger partial charge in [-0.05, 0) is 90.5 Å². The fraction of sp³-hybridized carbons (Fsp3) is 0.625. The van der Waals surface area contributed by atoms with Crippen molar-refractivity contribution < 1.29 is 58.2 Å². The second-order valence-corrected chi connectivity index (χ2v) is 19.2. The summed E-state index contributed by atoms with van der Waals surface area (Å²) in [6, 6.07) is -2.91. The highest BCUT2D eigenvalue weighted by atomic mass is 16.4. The van der Waals surface area contributed by atoms with E-state index in [0.29, 0.717) is 24.8 Å². The minimum Gasteiger partial charge on any atom is -0.480 e. The van der Waals surface area contributed by atoms with E-state index in [1.807, 2.05) is 0 Å². The molecule has 28 heteroatoms. The molecule has 1 aromatic rings. The number of carbonyl (C=O) groups excluding carboxylic acids is 9. The number of carboxylic acid groups (broad SMARTS) is 1. The summed E-state index contributed by atoms with van der Waals surface area (Å²) in [5.41, 5.74) is 28.4. The van der Waals surface area contributed by atoms with Crippen LogP contribution in [0.1, 0.15) is 90.5 Å². The number of amides is 9. The maximum atomic E-state index is 14.7. The Bertz CT molecular complexity index is 2300. The first-order valence-electron chi connectivity index (χ1n) is 25.5. The van der Waals surface area contributed by atoms with E-state index in [1.54, 1.807) is 30.3 Å². The number of guanidine groups is 2. The van der Waals surface area contributed by atoms with Crippen molar-refractivity contribution in [2.24, 2.45) is 38.7 Å². The van der Waals surface area contributed by atoms with Gasteiger partial charge in [0.15, 0.2) is 11.9 Å². The molecular weight excluding hydrogens is 993 g/mol. The van der Waals surface area contributed by atoms with E-state index in [2.05, 4.69) is 41.9 Å². The molecule has 0 aromatic heterocycles. The highest BCUT2D eigenvalue weighted by molar-refractivity contribution is 5.99. The Morgan fingerprint density at radius 3 is 1.49 bits per heavy atom. The third kappa shape index (κ3) is 17.8. The summed E-state index contributed by atoms with van der Waals surface area (Å²) >= 11 is 0. The smallest absolute Gasteiger partial charge is 0.328 e. The van der Waals surface area contributed by atoms with Crippen LogP contribution >= 0.6 is 0 Å². The summed E-state index contributed by atoms with van der Waals surface area (Å²) < 4.78 is 0. The number of likely N-dealkylation sites (tertiary alicyclic amines) is 3. The quantitative estimate of drug-likeness (QED) is 0.0222. The zero-order valence-corrected chi connectivity index (χ0v) is 43.3. The Hall–Kier alpha value is -7.62. The molecule has 28 nitrogen and oxygen atoms in total. The molecule has 3 heterocycles. The van der Waals surface area contributed by atoms with E-state index in [0.717, 1.165) is 0 Å². The molecule has 0 radical (unpaired) electrons.